The zero-order valence-electron chi connectivity index (χ0n) is 10.6. The summed E-state index contributed by atoms with van der Waals surface area (Å²) in [5.41, 5.74) is -0.519. The molecule has 0 spiro atoms. The van der Waals surface area contributed by atoms with Gasteiger partial charge in [-0.2, -0.15) is 13.2 Å². The van der Waals surface area contributed by atoms with Gasteiger partial charge in [-0.1, -0.05) is 18.2 Å². The van der Waals surface area contributed by atoms with Crippen molar-refractivity contribution in [1.29, 1.82) is 0 Å². The Morgan fingerprint density at radius 1 is 1.21 bits per heavy atom. The highest BCUT2D eigenvalue weighted by Gasteiger charge is 2.34. The molecule has 1 fully saturated rings. The Morgan fingerprint density at radius 2 is 1.89 bits per heavy atom. The Kier molecular flexibility index (Phi) is 3.80. The molecule has 0 N–H and O–H groups in total. The highest BCUT2D eigenvalue weighted by Crippen LogP contribution is 2.32. The van der Waals surface area contributed by atoms with Gasteiger partial charge in [0.15, 0.2) is 0 Å². The number of nitrogens with zero attached hydrogens (tertiary/aromatic N) is 2. The van der Waals surface area contributed by atoms with E-state index < -0.39 is 11.7 Å². The molecule has 1 aliphatic heterocycles. The number of amides is 1. The van der Waals surface area contributed by atoms with E-state index in [1.54, 1.807) is 6.07 Å². The molecule has 1 aromatic carbocycles. The van der Waals surface area contributed by atoms with Crippen LogP contribution in [0.3, 0.4) is 0 Å². The summed E-state index contributed by atoms with van der Waals surface area (Å²) in [6.07, 6.45) is -4.38. The average Bonchev–Trinajstić information content (AvgIpc) is 2.32. The highest BCUT2D eigenvalue weighted by molar-refractivity contribution is 5.79. The van der Waals surface area contributed by atoms with Gasteiger partial charge in [0.05, 0.1) is 12.1 Å². The van der Waals surface area contributed by atoms with E-state index in [-0.39, 0.29) is 24.6 Å². The fourth-order valence-electron chi connectivity index (χ4n) is 2.13. The molecule has 3 nitrogen and oxygen atoms in total. The van der Waals surface area contributed by atoms with Crippen LogP contribution in [0.25, 0.3) is 0 Å². The summed E-state index contributed by atoms with van der Waals surface area (Å²) in [5, 5.41) is 0. The molecule has 0 unspecified atom stereocenters. The Hall–Kier alpha value is -1.56. The van der Waals surface area contributed by atoms with Crippen molar-refractivity contribution in [3.63, 3.8) is 0 Å². The van der Waals surface area contributed by atoms with Crippen molar-refractivity contribution in [3.05, 3.63) is 35.4 Å². The van der Waals surface area contributed by atoms with E-state index >= 15 is 0 Å². The van der Waals surface area contributed by atoms with Crippen LogP contribution in [0.5, 0.6) is 0 Å². The van der Waals surface area contributed by atoms with E-state index in [2.05, 4.69) is 0 Å². The van der Waals surface area contributed by atoms with Crippen LogP contribution in [-0.4, -0.2) is 42.4 Å². The van der Waals surface area contributed by atoms with E-state index in [1.165, 1.54) is 17.0 Å². The molecule has 0 aliphatic carbocycles. The van der Waals surface area contributed by atoms with E-state index in [9.17, 15) is 18.0 Å². The van der Waals surface area contributed by atoms with Gasteiger partial charge in [0.1, 0.15) is 0 Å². The number of hydrogen-bond acceptors (Lipinski definition) is 2. The van der Waals surface area contributed by atoms with Crippen LogP contribution in [0.15, 0.2) is 24.3 Å². The van der Waals surface area contributed by atoms with Crippen LogP contribution in [-0.2, 0) is 17.5 Å². The number of carbonyl (C=O) groups is 1. The third-order valence-corrected chi connectivity index (χ3v) is 3.19. The number of benzene rings is 1. The molecular formula is C13H15F3N2O. The third kappa shape index (κ3) is 3.26. The third-order valence-electron chi connectivity index (χ3n) is 3.19. The number of hydrogen-bond donors (Lipinski definition) is 0. The van der Waals surface area contributed by atoms with Crippen LogP contribution in [0.2, 0.25) is 0 Å². The maximum Gasteiger partial charge on any atom is 0.416 e. The lowest BCUT2D eigenvalue weighted by atomic mass is 10.1. The van der Waals surface area contributed by atoms with E-state index in [1.807, 2.05) is 11.9 Å². The molecule has 0 bridgehead atoms. The molecule has 104 valence electrons. The Morgan fingerprint density at radius 3 is 2.53 bits per heavy atom. The van der Waals surface area contributed by atoms with Crippen molar-refractivity contribution in [2.75, 3.05) is 26.7 Å². The number of piperazine rings is 1. The predicted octanol–water partition coefficient (Wildman–Crippen LogP) is 1.98. The number of alkyl halides is 3. The van der Waals surface area contributed by atoms with E-state index in [0.717, 1.165) is 6.07 Å². The Labute approximate surface area is 109 Å². The predicted molar refractivity (Wildman–Crippen MR) is 64.4 cm³/mol. The van der Waals surface area contributed by atoms with Crippen LogP contribution in [0.4, 0.5) is 13.2 Å². The monoisotopic (exact) mass is 272 g/mol. The molecule has 1 aromatic rings. The lowest BCUT2D eigenvalue weighted by Crippen LogP contribution is -2.48. The van der Waals surface area contributed by atoms with Crippen molar-refractivity contribution in [1.82, 2.24) is 9.80 Å². The van der Waals surface area contributed by atoms with Gasteiger partial charge in [0, 0.05) is 19.6 Å². The first kappa shape index (κ1) is 13.9. The van der Waals surface area contributed by atoms with Gasteiger partial charge in [-0.15, -0.1) is 0 Å². The first-order valence-corrected chi connectivity index (χ1v) is 5.99. The van der Waals surface area contributed by atoms with Crippen LogP contribution < -0.4 is 0 Å². The first-order chi connectivity index (χ1) is 8.88. The second-order valence-corrected chi connectivity index (χ2v) is 4.71. The number of carbonyl (C=O) groups excluding carboxylic acids is 1. The van der Waals surface area contributed by atoms with Crippen LogP contribution in [0.1, 0.15) is 11.1 Å². The van der Waals surface area contributed by atoms with Crippen molar-refractivity contribution in [2.45, 2.75) is 12.7 Å². The van der Waals surface area contributed by atoms with Crippen LogP contribution >= 0.6 is 0 Å². The summed E-state index contributed by atoms with van der Waals surface area (Å²) < 4.78 is 38.6. The zero-order valence-corrected chi connectivity index (χ0v) is 10.6. The van der Waals surface area contributed by atoms with Gasteiger partial charge >= 0.3 is 6.18 Å². The lowest BCUT2D eigenvalue weighted by molar-refractivity contribution is -0.141. The smallest absolute Gasteiger partial charge is 0.336 e. The minimum Gasteiger partial charge on any atom is -0.336 e. The highest BCUT2D eigenvalue weighted by atomic mass is 19.4. The normalized spacial score (nSPS) is 17.9. The van der Waals surface area contributed by atoms with E-state index in [0.29, 0.717) is 13.1 Å². The second kappa shape index (κ2) is 5.21. The molecule has 0 radical (unpaired) electrons. The number of likely N-dealkylation sites (N-methyl/N-ethyl adjacent to an activating group) is 1. The maximum absolute atomic E-state index is 12.9. The van der Waals surface area contributed by atoms with Gasteiger partial charge in [-0.25, -0.2) is 0 Å². The van der Waals surface area contributed by atoms with Crippen molar-refractivity contribution >= 4 is 5.91 Å². The molecule has 2 rings (SSSR count). The summed E-state index contributed by atoms with van der Waals surface area (Å²) in [5.74, 6) is -0.134. The van der Waals surface area contributed by atoms with Gasteiger partial charge in [-0.05, 0) is 18.7 Å². The Balaban J connectivity index is 2.18. The SMILES string of the molecule is CN1CCN(Cc2ccccc2C(F)(F)F)C(=O)C1. The summed E-state index contributed by atoms with van der Waals surface area (Å²) in [4.78, 5) is 15.1. The summed E-state index contributed by atoms with van der Waals surface area (Å²) >= 11 is 0. The molecule has 1 heterocycles. The van der Waals surface area contributed by atoms with Gasteiger partial charge in [0.2, 0.25) is 5.91 Å². The summed E-state index contributed by atoms with van der Waals surface area (Å²) in [6.45, 7) is 1.41. The summed E-state index contributed by atoms with van der Waals surface area (Å²) in [6, 6.07) is 5.40. The van der Waals surface area contributed by atoms with E-state index in [4.69, 9.17) is 0 Å². The van der Waals surface area contributed by atoms with Gasteiger partial charge in [-0.3, -0.25) is 9.69 Å². The van der Waals surface area contributed by atoms with Gasteiger partial charge < -0.3 is 4.90 Å². The molecule has 1 saturated heterocycles. The fourth-order valence-corrected chi connectivity index (χ4v) is 2.13. The molecule has 19 heavy (non-hydrogen) atoms. The molecule has 0 aromatic heterocycles. The van der Waals surface area contributed by atoms with Crippen LogP contribution in [0, 0.1) is 0 Å². The van der Waals surface area contributed by atoms with Crippen molar-refractivity contribution in [2.24, 2.45) is 0 Å². The first-order valence-electron chi connectivity index (χ1n) is 5.99. The molecule has 0 atom stereocenters. The maximum atomic E-state index is 12.9. The number of rotatable bonds is 2. The molecule has 1 amide bonds. The molecule has 0 saturated carbocycles. The number of halogens is 3. The topological polar surface area (TPSA) is 23.6 Å². The zero-order chi connectivity index (χ0) is 14.0. The molecule has 6 heteroatoms. The lowest BCUT2D eigenvalue weighted by Gasteiger charge is -2.32. The molecule has 1 aliphatic rings. The van der Waals surface area contributed by atoms with Crippen molar-refractivity contribution in [3.8, 4) is 0 Å². The minimum absolute atomic E-state index is 0.0162. The fraction of sp³-hybridized carbons (Fsp3) is 0.462. The molecular weight excluding hydrogens is 257 g/mol. The average molecular weight is 272 g/mol. The van der Waals surface area contributed by atoms with Crippen molar-refractivity contribution < 1.29 is 18.0 Å². The Bertz CT molecular complexity index is 473. The second-order valence-electron chi connectivity index (χ2n) is 4.71. The largest absolute Gasteiger partial charge is 0.416 e. The quantitative estimate of drug-likeness (QED) is 0.822. The summed E-state index contributed by atoms with van der Waals surface area (Å²) in [7, 11) is 1.82. The van der Waals surface area contributed by atoms with Gasteiger partial charge in [0.25, 0.3) is 0 Å². The standard InChI is InChI=1S/C13H15F3N2O/c1-17-6-7-18(12(19)9-17)8-10-4-2-3-5-11(10)13(14,15)16/h2-5H,6-9H2,1H3. The minimum atomic E-state index is -4.38.